The van der Waals surface area contributed by atoms with Gasteiger partial charge < -0.3 is 9.74 Å². The van der Waals surface area contributed by atoms with Gasteiger partial charge in [0.1, 0.15) is 0 Å². The second kappa shape index (κ2) is 2.68. The van der Waals surface area contributed by atoms with Gasteiger partial charge in [-0.15, -0.1) is 0 Å². The molecule has 0 aromatic rings. The summed E-state index contributed by atoms with van der Waals surface area (Å²) in [5.74, 6) is -0.0301. The first kappa shape index (κ1) is 7.05. The molecule has 1 unspecified atom stereocenters. The van der Waals surface area contributed by atoms with Crippen molar-refractivity contribution in [1.29, 1.82) is 0 Å². The van der Waals surface area contributed by atoms with E-state index in [1.807, 2.05) is 0 Å². The van der Waals surface area contributed by atoms with Gasteiger partial charge in [0.15, 0.2) is 0 Å². The van der Waals surface area contributed by atoms with Crippen molar-refractivity contribution in [3.63, 3.8) is 0 Å². The van der Waals surface area contributed by atoms with Gasteiger partial charge in [0.25, 0.3) is 5.91 Å². The molecule has 0 fully saturated rings. The van der Waals surface area contributed by atoms with Crippen LogP contribution in [-0.4, -0.2) is 37.2 Å². The van der Waals surface area contributed by atoms with Gasteiger partial charge in [0.05, 0.1) is 0 Å². The molecule has 10 heavy (non-hydrogen) atoms. The average Bonchev–Trinajstić information content (AvgIpc) is 2.36. The molecule has 0 bridgehead atoms. The van der Waals surface area contributed by atoms with Gasteiger partial charge >= 0.3 is 0 Å². The lowest BCUT2D eigenvalue weighted by Crippen LogP contribution is -2.33. The average molecular weight is 142 g/mol. The second-order valence-electron chi connectivity index (χ2n) is 2.35. The third kappa shape index (κ3) is 1.26. The van der Waals surface area contributed by atoms with Crippen LogP contribution in [0.15, 0.2) is 5.16 Å². The van der Waals surface area contributed by atoms with E-state index in [0.717, 1.165) is 0 Å². The molecule has 0 aromatic heterocycles. The zero-order valence-corrected chi connectivity index (χ0v) is 6.07. The van der Waals surface area contributed by atoms with Crippen LogP contribution in [0, 0.1) is 0 Å². The molecule has 0 saturated carbocycles. The van der Waals surface area contributed by atoms with Crippen molar-refractivity contribution in [2.75, 3.05) is 14.1 Å². The molecule has 0 radical (unpaired) electrons. The Balaban J connectivity index is 2.43. The number of amides is 1. The maximum Gasteiger partial charge on any atom is 0.266 e. The summed E-state index contributed by atoms with van der Waals surface area (Å²) >= 11 is 0. The molecule has 56 valence electrons. The summed E-state index contributed by atoms with van der Waals surface area (Å²) in [6.07, 6.45) is 1.82. The maximum atomic E-state index is 11.1. The molecule has 1 atom stereocenters. The largest absolute Gasteiger partial charge is 0.382 e. The van der Waals surface area contributed by atoms with Crippen molar-refractivity contribution in [2.24, 2.45) is 5.16 Å². The molecule has 0 aromatic carbocycles. The molecule has 4 nitrogen and oxygen atoms in total. The minimum Gasteiger partial charge on any atom is -0.382 e. The molecule has 1 amide bonds. The molecular weight excluding hydrogens is 132 g/mol. The lowest BCUT2D eigenvalue weighted by molar-refractivity contribution is -0.139. The van der Waals surface area contributed by atoms with Gasteiger partial charge in [0, 0.05) is 26.7 Å². The monoisotopic (exact) mass is 142 g/mol. The normalized spacial score (nSPS) is 22.4. The van der Waals surface area contributed by atoms with Crippen LogP contribution in [0.2, 0.25) is 0 Å². The zero-order chi connectivity index (χ0) is 7.56. The van der Waals surface area contributed by atoms with Gasteiger partial charge in [-0.1, -0.05) is 5.16 Å². The van der Waals surface area contributed by atoms with Crippen LogP contribution in [-0.2, 0) is 9.63 Å². The van der Waals surface area contributed by atoms with Crippen LogP contribution in [0.4, 0.5) is 0 Å². The van der Waals surface area contributed by atoms with E-state index in [2.05, 4.69) is 5.16 Å². The lowest BCUT2D eigenvalue weighted by atomic mass is 10.2. The number of hydrogen-bond acceptors (Lipinski definition) is 3. The fourth-order valence-electron chi connectivity index (χ4n) is 0.732. The van der Waals surface area contributed by atoms with E-state index < -0.39 is 0 Å². The number of oxime groups is 1. The van der Waals surface area contributed by atoms with E-state index in [1.54, 1.807) is 20.3 Å². The predicted octanol–water partition coefficient (Wildman–Crippen LogP) is -0.151. The molecule has 0 N–H and O–H groups in total. The van der Waals surface area contributed by atoms with Gasteiger partial charge in [-0.05, 0) is 0 Å². The van der Waals surface area contributed by atoms with Crippen molar-refractivity contribution >= 4 is 12.1 Å². The molecule has 1 aliphatic heterocycles. The highest BCUT2D eigenvalue weighted by atomic mass is 16.6. The standard InChI is InChI=1S/C6H10N2O2/c1-8(2)6(9)5-3-4-7-10-5/h4-5H,3H2,1-2H3. The van der Waals surface area contributed by atoms with Crippen LogP contribution < -0.4 is 0 Å². The number of hydrogen-bond donors (Lipinski definition) is 0. The van der Waals surface area contributed by atoms with Crippen LogP contribution >= 0.6 is 0 Å². The molecular formula is C6H10N2O2. The molecule has 1 aliphatic rings. The molecule has 4 heteroatoms. The van der Waals surface area contributed by atoms with E-state index in [9.17, 15) is 4.79 Å². The summed E-state index contributed by atoms with van der Waals surface area (Å²) in [6, 6.07) is 0. The fourth-order valence-corrected chi connectivity index (χ4v) is 0.732. The first-order valence-electron chi connectivity index (χ1n) is 3.10. The van der Waals surface area contributed by atoms with E-state index >= 15 is 0 Å². The van der Waals surface area contributed by atoms with Gasteiger partial charge in [-0.25, -0.2) is 0 Å². The highest BCUT2D eigenvalue weighted by Crippen LogP contribution is 2.06. The van der Waals surface area contributed by atoms with Crippen molar-refractivity contribution < 1.29 is 9.63 Å². The maximum absolute atomic E-state index is 11.1. The molecule has 0 spiro atoms. The quantitative estimate of drug-likeness (QED) is 0.511. The Morgan fingerprint density at radius 2 is 2.50 bits per heavy atom. The van der Waals surface area contributed by atoms with E-state index in [0.29, 0.717) is 6.42 Å². The topological polar surface area (TPSA) is 41.9 Å². The molecule has 1 rings (SSSR count). The van der Waals surface area contributed by atoms with Crippen molar-refractivity contribution in [1.82, 2.24) is 4.90 Å². The molecule has 0 aliphatic carbocycles. The Morgan fingerprint density at radius 3 is 2.90 bits per heavy atom. The third-order valence-corrected chi connectivity index (χ3v) is 1.30. The van der Waals surface area contributed by atoms with Gasteiger partial charge in [-0.3, -0.25) is 4.79 Å². The Labute approximate surface area is 59.4 Å². The first-order chi connectivity index (χ1) is 4.72. The SMILES string of the molecule is CN(C)C(=O)C1CC=NO1. The Morgan fingerprint density at radius 1 is 1.80 bits per heavy atom. The number of carbonyl (C=O) groups excluding carboxylic acids is 1. The Kier molecular flexibility index (Phi) is 1.89. The van der Waals surface area contributed by atoms with Crippen LogP contribution in [0.25, 0.3) is 0 Å². The summed E-state index contributed by atoms with van der Waals surface area (Å²) in [7, 11) is 3.40. The van der Waals surface area contributed by atoms with E-state index in [1.165, 1.54) is 4.90 Å². The van der Waals surface area contributed by atoms with Crippen molar-refractivity contribution in [3.05, 3.63) is 0 Å². The molecule has 1 heterocycles. The second-order valence-corrected chi connectivity index (χ2v) is 2.35. The number of nitrogens with zero attached hydrogens (tertiary/aromatic N) is 2. The Hall–Kier alpha value is -1.06. The lowest BCUT2D eigenvalue weighted by Gasteiger charge is -2.13. The third-order valence-electron chi connectivity index (χ3n) is 1.30. The highest BCUT2D eigenvalue weighted by Gasteiger charge is 2.23. The first-order valence-corrected chi connectivity index (χ1v) is 3.10. The smallest absolute Gasteiger partial charge is 0.266 e. The highest BCUT2D eigenvalue weighted by molar-refractivity contribution is 5.84. The summed E-state index contributed by atoms with van der Waals surface area (Å²) in [6.45, 7) is 0. The number of carbonyl (C=O) groups is 1. The summed E-state index contributed by atoms with van der Waals surface area (Å²) in [5.41, 5.74) is 0. The van der Waals surface area contributed by atoms with Crippen molar-refractivity contribution in [3.8, 4) is 0 Å². The van der Waals surface area contributed by atoms with E-state index in [-0.39, 0.29) is 12.0 Å². The van der Waals surface area contributed by atoms with Crippen LogP contribution in [0.3, 0.4) is 0 Å². The van der Waals surface area contributed by atoms with Crippen LogP contribution in [0.1, 0.15) is 6.42 Å². The number of rotatable bonds is 1. The summed E-state index contributed by atoms with van der Waals surface area (Å²) in [4.78, 5) is 17.3. The minimum atomic E-state index is -0.380. The fraction of sp³-hybridized carbons (Fsp3) is 0.667. The minimum absolute atomic E-state index is 0.0301. The predicted molar refractivity (Wildman–Crippen MR) is 36.7 cm³/mol. The zero-order valence-electron chi connectivity index (χ0n) is 6.07. The van der Waals surface area contributed by atoms with E-state index in [4.69, 9.17) is 4.84 Å². The summed E-state index contributed by atoms with van der Waals surface area (Å²) in [5, 5.41) is 3.50. The van der Waals surface area contributed by atoms with Crippen LogP contribution in [0.5, 0.6) is 0 Å². The summed E-state index contributed by atoms with van der Waals surface area (Å²) < 4.78 is 0. The Bertz CT molecular complexity index is 157. The van der Waals surface area contributed by atoms with Gasteiger partial charge in [0.2, 0.25) is 6.10 Å². The molecule has 0 saturated heterocycles. The number of likely N-dealkylation sites (N-methyl/N-ethyl adjacent to an activating group) is 1. The van der Waals surface area contributed by atoms with Gasteiger partial charge in [-0.2, -0.15) is 0 Å². The van der Waals surface area contributed by atoms with Crippen molar-refractivity contribution in [2.45, 2.75) is 12.5 Å².